The van der Waals surface area contributed by atoms with E-state index in [1.165, 1.54) is 17.8 Å². The van der Waals surface area contributed by atoms with Gasteiger partial charge in [0.1, 0.15) is 0 Å². The summed E-state index contributed by atoms with van der Waals surface area (Å²) in [7, 11) is 1.76. The van der Waals surface area contributed by atoms with Gasteiger partial charge in [-0.25, -0.2) is 4.98 Å². The van der Waals surface area contributed by atoms with Crippen LogP contribution in [0.15, 0.2) is 9.80 Å². The second-order valence-electron chi connectivity index (χ2n) is 6.15. The van der Waals surface area contributed by atoms with Gasteiger partial charge in [-0.3, -0.25) is 4.90 Å². The first-order chi connectivity index (χ1) is 10.7. The minimum Gasteiger partial charge on any atom is -0.424 e. The normalized spacial score (nSPS) is 25.9. The predicted molar refractivity (Wildman–Crippen MR) is 81.7 cm³/mol. The van der Waals surface area contributed by atoms with Crippen molar-refractivity contribution < 1.29 is 9.15 Å². The molecule has 1 saturated carbocycles. The Kier molecular flexibility index (Phi) is 3.71. The van der Waals surface area contributed by atoms with Gasteiger partial charge >= 0.3 is 0 Å². The topological polar surface area (TPSA) is 64.3 Å². The molecule has 1 aliphatic carbocycles. The van der Waals surface area contributed by atoms with Crippen LogP contribution in [0.5, 0.6) is 0 Å². The highest BCUT2D eigenvalue weighted by Crippen LogP contribution is 2.42. The second kappa shape index (κ2) is 5.72. The van der Waals surface area contributed by atoms with E-state index in [1.54, 1.807) is 18.4 Å². The molecule has 118 valence electrons. The van der Waals surface area contributed by atoms with Gasteiger partial charge in [-0.2, -0.15) is 0 Å². The molecule has 1 aliphatic heterocycles. The van der Waals surface area contributed by atoms with Crippen molar-refractivity contribution in [1.82, 2.24) is 20.1 Å². The lowest BCUT2D eigenvalue weighted by molar-refractivity contribution is 0.107. The number of ether oxygens (including phenoxy) is 1. The Bertz CT molecular complexity index is 652. The van der Waals surface area contributed by atoms with Crippen molar-refractivity contribution in [2.45, 2.75) is 50.8 Å². The highest BCUT2D eigenvalue weighted by atomic mass is 32.1. The second-order valence-corrected chi connectivity index (χ2v) is 7.04. The molecule has 0 spiro atoms. The van der Waals surface area contributed by atoms with Crippen molar-refractivity contribution in [2.75, 3.05) is 13.7 Å². The smallest absolute Gasteiger partial charge is 0.233 e. The molecule has 2 atom stereocenters. The maximum absolute atomic E-state index is 5.64. The van der Waals surface area contributed by atoms with Gasteiger partial charge in [0, 0.05) is 38.4 Å². The maximum atomic E-state index is 5.64. The molecule has 6 nitrogen and oxygen atoms in total. The van der Waals surface area contributed by atoms with Gasteiger partial charge in [0.05, 0.1) is 22.8 Å². The summed E-state index contributed by atoms with van der Waals surface area (Å²) in [5.41, 5.74) is 1.14. The Labute approximate surface area is 133 Å². The Balaban J connectivity index is 1.51. The molecule has 22 heavy (non-hydrogen) atoms. The SMILES string of the molecule is CO[C@@H]1C[C@H](c2nnc(C)o2)N(Cc2csc(C3CC3)n2)C1. The van der Waals surface area contributed by atoms with Crippen molar-refractivity contribution in [3.63, 3.8) is 0 Å². The van der Waals surface area contributed by atoms with Gasteiger partial charge in [-0.15, -0.1) is 21.5 Å². The molecule has 1 saturated heterocycles. The standard InChI is InChI=1S/C15H20N4O2S/c1-9-17-18-14(21-9)13-5-12(20-2)7-19(13)6-11-8-22-15(16-11)10-3-4-10/h8,10,12-13H,3-7H2,1-2H3/t12-,13-/m1/s1. The predicted octanol–water partition coefficient (Wildman–Crippen LogP) is 2.67. The highest BCUT2D eigenvalue weighted by Gasteiger charge is 2.37. The molecule has 2 aromatic rings. The zero-order valence-electron chi connectivity index (χ0n) is 12.9. The maximum Gasteiger partial charge on any atom is 0.233 e. The molecule has 7 heteroatoms. The van der Waals surface area contributed by atoms with Crippen LogP contribution in [-0.4, -0.2) is 39.8 Å². The third-order valence-corrected chi connectivity index (χ3v) is 5.44. The lowest BCUT2D eigenvalue weighted by Crippen LogP contribution is -2.25. The van der Waals surface area contributed by atoms with Crippen LogP contribution in [0.4, 0.5) is 0 Å². The molecule has 0 aromatic carbocycles. The van der Waals surface area contributed by atoms with E-state index < -0.39 is 0 Å². The van der Waals surface area contributed by atoms with Gasteiger partial charge in [-0.05, 0) is 19.3 Å². The van der Waals surface area contributed by atoms with Crippen LogP contribution in [-0.2, 0) is 11.3 Å². The number of likely N-dealkylation sites (tertiary alicyclic amines) is 1. The van der Waals surface area contributed by atoms with Crippen LogP contribution in [0.1, 0.15) is 53.7 Å². The number of hydrogen-bond acceptors (Lipinski definition) is 7. The number of hydrogen-bond donors (Lipinski definition) is 0. The number of thiazole rings is 1. The van der Waals surface area contributed by atoms with Crippen LogP contribution in [0.2, 0.25) is 0 Å². The molecule has 4 rings (SSSR count). The van der Waals surface area contributed by atoms with E-state index in [-0.39, 0.29) is 12.1 Å². The minimum absolute atomic E-state index is 0.122. The summed E-state index contributed by atoms with van der Waals surface area (Å²) in [6, 6.07) is 0.122. The monoisotopic (exact) mass is 320 g/mol. The van der Waals surface area contributed by atoms with Gasteiger partial charge < -0.3 is 9.15 Å². The summed E-state index contributed by atoms with van der Waals surface area (Å²) >= 11 is 1.79. The summed E-state index contributed by atoms with van der Waals surface area (Å²) < 4.78 is 11.2. The van der Waals surface area contributed by atoms with E-state index in [9.17, 15) is 0 Å². The summed E-state index contributed by atoms with van der Waals surface area (Å²) in [5, 5.41) is 11.6. The van der Waals surface area contributed by atoms with Crippen molar-refractivity contribution >= 4 is 11.3 Å². The Morgan fingerprint density at radius 1 is 1.41 bits per heavy atom. The van der Waals surface area contributed by atoms with E-state index in [2.05, 4.69) is 20.5 Å². The van der Waals surface area contributed by atoms with Crippen LogP contribution in [0, 0.1) is 6.92 Å². The number of nitrogens with zero attached hydrogens (tertiary/aromatic N) is 4. The Hall–Kier alpha value is -1.31. The van der Waals surface area contributed by atoms with E-state index in [1.807, 2.05) is 6.92 Å². The van der Waals surface area contributed by atoms with Crippen LogP contribution in [0.25, 0.3) is 0 Å². The first-order valence-electron chi connectivity index (χ1n) is 7.74. The van der Waals surface area contributed by atoms with E-state index in [0.29, 0.717) is 11.8 Å². The van der Waals surface area contributed by atoms with Gasteiger partial charge in [0.2, 0.25) is 11.8 Å². The number of aryl methyl sites for hydroxylation is 1. The van der Waals surface area contributed by atoms with Gasteiger partial charge in [0.25, 0.3) is 0 Å². The fourth-order valence-electron chi connectivity index (χ4n) is 3.03. The molecule has 2 aliphatic rings. The molecule has 3 heterocycles. The van der Waals surface area contributed by atoms with Gasteiger partial charge in [0.15, 0.2) is 0 Å². The van der Waals surface area contributed by atoms with Crippen molar-refractivity contribution in [2.24, 2.45) is 0 Å². The van der Waals surface area contributed by atoms with Crippen LogP contribution in [0.3, 0.4) is 0 Å². The first kappa shape index (κ1) is 14.3. The quantitative estimate of drug-likeness (QED) is 0.844. The fourth-order valence-corrected chi connectivity index (χ4v) is 4.01. The average Bonchev–Trinajstić information content (AvgIpc) is 2.94. The molecule has 0 N–H and O–H groups in total. The summed E-state index contributed by atoms with van der Waals surface area (Å²) in [4.78, 5) is 7.13. The summed E-state index contributed by atoms with van der Waals surface area (Å²) in [6.45, 7) is 3.51. The molecule has 2 fully saturated rings. The zero-order valence-corrected chi connectivity index (χ0v) is 13.7. The summed E-state index contributed by atoms with van der Waals surface area (Å²) in [5.74, 6) is 2.02. The minimum atomic E-state index is 0.122. The van der Waals surface area contributed by atoms with E-state index in [4.69, 9.17) is 14.1 Å². The Morgan fingerprint density at radius 2 is 2.27 bits per heavy atom. The highest BCUT2D eigenvalue weighted by molar-refractivity contribution is 7.09. The zero-order chi connectivity index (χ0) is 15.1. The molecular weight excluding hydrogens is 300 g/mol. The number of methoxy groups -OCH3 is 1. The summed E-state index contributed by atoms with van der Waals surface area (Å²) in [6.07, 6.45) is 3.69. The third kappa shape index (κ3) is 2.80. The number of rotatable bonds is 5. The first-order valence-corrected chi connectivity index (χ1v) is 8.62. The van der Waals surface area contributed by atoms with Crippen molar-refractivity contribution in [1.29, 1.82) is 0 Å². The molecule has 2 aromatic heterocycles. The molecule has 0 bridgehead atoms. The lowest BCUT2D eigenvalue weighted by Gasteiger charge is -2.20. The Morgan fingerprint density at radius 3 is 2.95 bits per heavy atom. The fraction of sp³-hybridized carbons (Fsp3) is 0.667. The average molecular weight is 320 g/mol. The third-order valence-electron chi connectivity index (χ3n) is 4.39. The van der Waals surface area contributed by atoms with Crippen LogP contribution >= 0.6 is 11.3 Å². The van der Waals surface area contributed by atoms with Crippen molar-refractivity contribution in [3.8, 4) is 0 Å². The van der Waals surface area contributed by atoms with Crippen LogP contribution < -0.4 is 0 Å². The van der Waals surface area contributed by atoms with E-state index >= 15 is 0 Å². The van der Waals surface area contributed by atoms with E-state index in [0.717, 1.165) is 31.1 Å². The molecule has 0 amide bonds. The van der Waals surface area contributed by atoms with Crippen molar-refractivity contribution in [3.05, 3.63) is 27.9 Å². The molecule has 0 radical (unpaired) electrons. The molecular formula is C15H20N4O2S. The largest absolute Gasteiger partial charge is 0.424 e. The number of aromatic nitrogens is 3. The molecule has 0 unspecified atom stereocenters. The van der Waals surface area contributed by atoms with Gasteiger partial charge in [-0.1, -0.05) is 0 Å². The lowest BCUT2D eigenvalue weighted by atomic mass is 10.2.